The molecule has 0 saturated carbocycles. The number of nitro groups is 1. The summed E-state index contributed by atoms with van der Waals surface area (Å²) in [4.78, 5) is 21.9. The predicted molar refractivity (Wildman–Crippen MR) is 69.4 cm³/mol. The Bertz CT molecular complexity index is 731. The number of benzene rings is 2. The molecule has 0 aliphatic heterocycles. The summed E-state index contributed by atoms with van der Waals surface area (Å²) in [6.45, 7) is 0. The minimum atomic E-state index is -1.09. The Balaban J connectivity index is 2.48. The van der Waals surface area contributed by atoms with Gasteiger partial charge in [0.1, 0.15) is 5.82 Å². The van der Waals surface area contributed by atoms with E-state index in [2.05, 4.69) is 0 Å². The molecule has 0 aromatic heterocycles. The van der Waals surface area contributed by atoms with Crippen molar-refractivity contribution in [3.05, 3.63) is 69.3 Å². The van der Waals surface area contributed by atoms with E-state index in [0.717, 1.165) is 12.1 Å². The van der Waals surface area contributed by atoms with Gasteiger partial charge >= 0.3 is 0 Å². The summed E-state index contributed by atoms with van der Waals surface area (Å²) in [5.41, 5.74) is -1.31. The Morgan fingerprint density at radius 1 is 1.19 bits per heavy atom. The van der Waals surface area contributed by atoms with Crippen LogP contribution in [-0.4, -0.2) is 17.8 Å². The number of hydrogen-bond donors (Lipinski definition) is 0. The Labute approximate surface area is 117 Å². The van der Waals surface area contributed by atoms with Crippen LogP contribution in [0.2, 0.25) is 0 Å². The highest BCUT2D eigenvalue weighted by Crippen LogP contribution is 2.24. The van der Waals surface area contributed by atoms with Gasteiger partial charge in [-0.1, -0.05) is 6.07 Å². The van der Waals surface area contributed by atoms with Gasteiger partial charge in [-0.2, -0.15) is 0 Å². The largest absolute Gasteiger partial charge is 0.494 e. The van der Waals surface area contributed by atoms with E-state index in [9.17, 15) is 23.7 Å². The molecule has 0 aliphatic rings. The number of non-ortho nitro benzene ring substituents is 1. The Morgan fingerprint density at radius 2 is 1.90 bits per heavy atom. The lowest BCUT2D eigenvalue weighted by molar-refractivity contribution is -0.385. The monoisotopic (exact) mass is 293 g/mol. The van der Waals surface area contributed by atoms with E-state index in [-0.39, 0.29) is 11.3 Å². The van der Waals surface area contributed by atoms with E-state index in [1.807, 2.05) is 0 Å². The van der Waals surface area contributed by atoms with Gasteiger partial charge in [0, 0.05) is 6.07 Å². The first kappa shape index (κ1) is 14.6. The zero-order chi connectivity index (χ0) is 15.6. The van der Waals surface area contributed by atoms with Crippen LogP contribution in [0.4, 0.5) is 14.5 Å². The molecule has 5 nitrogen and oxygen atoms in total. The van der Waals surface area contributed by atoms with Crippen molar-refractivity contribution in [2.45, 2.75) is 0 Å². The molecule has 7 heteroatoms. The molecular weight excluding hydrogens is 284 g/mol. The van der Waals surface area contributed by atoms with Crippen molar-refractivity contribution in [1.82, 2.24) is 0 Å². The van der Waals surface area contributed by atoms with Crippen LogP contribution in [0.1, 0.15) is 15.9 Å². The van der Waals surface area contributed by atoms with E-state index in [0.29, 0.717) is 6.07 Å². The first-order valence-corrected chi connectivity index (χ1v) is 5.77. The molecule has 0 atom stereocenters. The molecule has 0 fully saturated rings. The van der Waals surface area contributed by atoms with Gasteiger partial charge < -0.3 is 4.74 Å². The number of carbonyl (C=O) groups is 1. The SMILES string of the molecule is COc1cccc(C(=O)c2ccc([N+](=O)[O-])cc2F)c1F. The van der Waals surface area contributed by atoms with Gasteiger partial charge in [-0.05, 0) is 18.2 Å². The number of ether oxygens (including phenoxy) is 1. The van der Waals surface area contributed by atoms with Crippen LogP contribution >= 0.6 is 0 Å². The van der Waals surface area contributed by atoms with Crippen LogP contribution < -0.4 is 4.74 Å². The van der Waals surface area contributed by atoms with Gasteiger partial charge in [-0.3, -0.25) is 14.9 Å². The molecule has 0 radical (unpaired) electrons. The van der Waals surface area contributed by atoms with Crippen molar-refractivity contribution >= 4 is 11.5 Å². The molecule has 0 N–H and O–H groups in total. The Morgan fingerprint density at radius 3 is 2.48 bits per heavy atom. The highest BCUT2D eigenvalue weighted by molar-refractivity contribution is 6.09. The summed E-state index contributed by atoms with van der Waals surface area (Å²) < 4.78 is 32.5. The summed E-state index contributed by atoms with van der Waals surface area (Å²) in [6.07, 6.45) is 0. The van der Waals surface area contributed by atoms with Gasteiger partial charge in [0.2, 0.25) is 0 Å². The summed E-state index contributed by atoms with van der Waals surface area (Å²) in [5.74, 6) is -3.07. The first-order chi connectivity index (χ1) is 9.95. The number of nitro benzene ring substituents is 1. The second-order valence-corrected chi connectivity index (χ2v) is 4.07. The molecule has 0 bridgehead atoms. The molecule has 0 unspecified atom stereocenters. The van der Waals surface area contributed by atoms with Gasteiger partial charge in [0.05, 0.1) is 29.2 Å². The van der Waals surface area contributed by atoms with Crippen LogP contribution in [-0.2, 0) is 0 Å². The maximum absolute atomic E-state index is 14.0. The summed E-state index contributed by atoms with van der Waals surface area (Å²) in [7, 11) is 1.24. The first-order valence-electron chi connectivity index (χ1n) is 5.77. The third kappa shape index (κ3) is 2.71. The predicted octanol–water partition coefficient (Wildman–Crippen LogP) is 3.11. The van der Waals surface area contributed by atoms with Gasteiger partial charge in [0.15, 0.2) is 17.3 Å². The van der Waals surface area contributed by atoms with Gasteiger partial charge in [-0.15, -0.1) is 0 Å². The van der Waals surface area contributed by atoms with E-state index < -0.39 is 33.6 Å². The Kier molecular flexibility index (Phi) is 3.93. The molecule has 0 saturated heterocycles. The molecule has 2 aromatic rings. The lowest BCUT2D eigenvalue weighted by atomic mass is 10.0. The van der Waals surface area contributed by atoms with Gasteiger partial charge in [-0.25, -0.2) is 8.78 Å². The zero-order valence-electron chi connectivity index (χ0n) is 10.8. The minimum Gasteiger partial charge on any atom is -0.494 e. The number of nitrogens with zero attached hydrogens (tertiary/aromatic N) is 1. The lowest BCUT2D eigenvalue weighted by Crippen LogP contribution is -2.08. The van der Waals surface area contributed by atoms with E-state index in [4.69, 9.17) is 4.74 Å². The van der Waals surface area contributed by atoms with Crippen LogP contribution in [0.15, 0.2) is 36.4 Å². The van der Waals surface area contributed by atoms with Crippen LogP contribution in [0, 0.1) is 21.7 Å². The number of halogens is 2. The lowest BCUT2D eigenvalue weighted by Gasteiger charge is -2.07. The maximum Gasteiger partial charge on any atom is 0.272 e. The highest BCUT2D eigenvalue weighted by Gasteiger charge is 2.21. The smallest absolute Gasteiger partial charge is 0.272 e. The molecule has 0 heterocycles. The van der Waals surface area contributed by atoms with Crippen molar-refractivity contribution in [3.63, 3.8) is 0 Å². The van der Waals surface area contributed by atoms with E-state index >= 15 is 0 Å². The minimum absolute atomic E-state index is 0.150. The van der Waals surface area contributed by atoms with Crippen molar-refractivity contribution in [2.24, 2.45) is 0 Å². The number of hydrogen-bond acceptors (Lipinski definition) is 4. The number of carbonyl (C=O) groups excluding carboxylic acids is 1. The van der Waals surface area contributed by atoms with Crippen molar-refractivity contribution in [1.29, 1.82) is 0 Å². The average molecular weight is 293 g/mol. The topological polar surface area (TPSA) is 69.4 Å². The fourth-order valence-electron chi connectivity index (χ4n) is 1.79. The second-order valence-electron chi connectivity index (χ2n) is 4.07. The quantitative estimate of drug-likeness (QED) is 0.493. The maximum atomic E-state index is 14.0. The zero-order valence-corrected chi connectivity index (χ0v) is 10.8. The van der Waals surface area contributed by atoms with E-state index in [1.165, 1.54) is 25.3 Å². The molecule has 108 valence electrons. The fraction of sp³-hybridized carbons (Fsp3) is 0.0714. The third-order valence-corrected chi connectivity index (χ3v) is 2.84. The Hall–Kier alpha value is -2.83. The second kappa shape index (κ2) is 5.66. The van der Waals surface area contributed by atoms with Crippen LogP contribution in [0.3, 0.4) is 0 Å². The molecule has 0 amide bonds. The van der Waals surface area contributed by atoms with E-state index in [1.54, 1.807) is 0 Å². The molecule has 0 aliphatic carbocycles. The molecule has 2 aromatic carbocycles. The van der Waals surface area contributed by atoms with Crippen molar-refractivity contribution in [2.75, 3.05) is 7.11 Å². The normalized spacial score (nSPS) is 10.2. The molecule has 0 spiro atoms. The third-order valence-electron chi connectivity index (χ3n) is 2.84. The fourth-order valence-corrected chi connectivity index (χ4v) is 1.79. The number of ketones is 1. The summed E-state index contributed by atoms with van der Waals surface area (Å²) in [6, 6.07) is 6.44. The van der Waals surface area contributed by atoms with Crippen molar-refractivity contribution < 1.29 is 23.2 Å². The van der Waals surface area contributed by atoms with Crippen LogP contribution in [0.5, 0.6) is 5.75 Å². The number of rotatable bonds is 4. The molecular formula is C14H9F2NO4. The molecule has 2 rings (SSSR count). The number of methoxy groups -OCH3 is 1. The molecule has 21 heavy (non-hydrogen) atoms. The van der Waals surface area contributed by atoms with Crippen LogP contribution in [0.25, 0.3) is 0 Å². The summed E-state index contributed by atoms with van der Waals surface area (Å²) >= 11 is 0. The summed E-state index contributed by atoms with van der Waals surface area (Å²) in [5, 5.41) is 10.5. The average Bonchev–Trinajstić information content (AvgIpc) is 2.46. The standard InChI is InChI=1S/C14H9F2NO4/c1-21-12-4-2-3-10(13(12)16)14(18)9-6-5-8(17(19)20)7-11(9)15/h2-7H,1H3. The van der Waals surface area contributed by atoms with Gasteiger partial charge in [0.25, 0.3) is 5.69 Å². The highest BCUT2D eigenvalue weighted by atomic mass is 19.1. The van der Waals surface area contributed by atoms with Crippen molar-refractivity contribution in [3.8, 4) is 5.75 Å².